The van der Waals surface area contributed by atoms with Crippen LogP contribution in [0.2, 0.25) is 0 Å². The lowest BCUT2D eigenvalue weighted by atomic mass is 9.99. The number of carbonyl (C=O) groups is 1. The quantitative estimate of drug-likeness (QED) is 0.856. The van der Waals surface area contributed by atoms with Gasteiger partial charge in [0.25, 0.3) is 5.91 Å². The van der Waals surface area contributed by atoms with Gasteiger partial charge in [-0.2, -0.15) is 0 Å². The summed E-state index contributed by atoms with van der Waals surface area (Å²) in [4.78, 5) is 19.5. The number of hydrogen-bond donors (Lipinski definition) is 0. The van der Waals surface area contributed by atoms with Gasteiger partial charge in [-0.3, -0.25) is 9.78 Å². The molecular weight excluding hydrogens is 324 g/mol. The lowest BCUT2D eigenvalue weighted by Gasteiger charge is -2.35. The standard InChI is InChI=1S/C18H20N2O3S/c21-18(17-4-2-10-24-17)20-9-7-16-15(20)6-5-14(23-16)12-22-13-3-1-8-19-11-13/h1-4,8,10-11,14-16H,5-7,9,12H2/t14-,15-,16-/m0/s1. The van der Waals surface area contributed by atoms with E-state index in [1.165, 1.54) is 11.3 Å². The number of carbonyl (C=O) groups excluding carboxylic acids is 1. The van der Waals surface area contributed by atoms with Crippen LogP contribution in [0, 0.1) is 0 Å². The van der Waals surface area contributed by atoms with Crippen LogP contribution in [0.15, 0.2) is 42.0 Å². The fourth-order valence-electron chi connectivity index (χ4n) is 3.54. The molecule has 0 unspecified atom stereocenters. The first kappa shape index (κ1) is 15.6. The summed E-state index contributed by atoms with van der Waals surface area (Å²) < 4.78 is 12.0. The number of fused-ring (bicyclic) bond motifs is 1. The molecule has 6 heteroatoms. The van der Waals surface area contributed by atoms with E-state index in [4.69, 9.17) is 9.47 Å². The van der Waals surface area contributed by atoms with E-state index in [0.29, 0.717) is 6.61 Å². The predicted octanol–water partition coefficient (Wildman–Crippen LogP) is 2.98. The van der Waals surface area contributed by atoms with E-state index in [-0.39, 0.29) is 24.2 Å². The van der Waals surface area contributed by atoms with Gasteiger partial charge in [-0.15, -0.1) is 11.3 Å². The molecule has 2 fully saturated rings. The summed E-state index contributed by atoms with van der Waals surface area (Å²) >= 11 is 1.51. The molecule has 24 heavy (non-hydrogen) atoms. The Balaban J connectivity index is 1.33. The van der Waals surface area contributed by atoms with E-state index in [9.17, 15) is 4.79 Å². The molecular formula is C18H20N2O3S. The highest BCUT2D eigenvalue weighted by atomic mass is 32.1. The van der Waals surface area contributed by atoms with Crippen molar-refractivity contribution < 1.29 is 14.3 Å². The highest BCUT2D eigenvalue weighted by Crippen LogP contribution is 2.33. The van der Waals surface area contributed by atoms with Gasteiger partial charge >= 0.3 is 0 Å². The van der Waals surface area contributed by atoms with Crippen molar-refractivity contribution in [1.82, 2.24) is 9.88 Å². The maximum absolute atomic E-state index is 12.6. The van der Waals surface area contributed by atoms with Crippen molar-refractivity contribution in [2.75, 3.05) is 13.2 Å². The zero-order valence-electron chi connectivity index (χ0n) is 13.3. The topological polar surface area (TPSA) is 51.7 Å². The van der Waals surface area contributed by atoms with Crippen molar-refractivity contribution in [3.8, 4) is 5.75 Å². The SMILES string of the molecule is O=C(c1cccs1)N1CC[C@@H]2O[C@H](COc3cccnc3)CC[C@@H]21. The zero-order valence-corrected chi connectivity index (χ0v) is 14.2. The van der Waals surface area contributed by atoms with E-state index in [0.717, 1.165) is 36.4 Å². The van der Waals surface area contributed by atoms with E-state index >= 15 is 0 Å². The smallest absolute Gasteiger partial charge is 0.264 e. The molecule has 4 heterocycles. The fraction of sp³-hybridized carbons (Fsp3) is 0.444. The Morgan fingerprint density at radius 1 is 1.33 bits per heavy atom. The van der Waals surface area contributed by atoms with Gasteiger partial charge in [0, 0.05) is 12.7 Å². The lowest BCUT2D eigenvalue weighted by molar-refractivity contribution is -0.0802. The molecule has 4 rings (SSSR count). The number of amides is 1. The average molecular weight is 344 g/mol. The second-order valence-corrected chi connectivity index (χ2v) is 7.15. The van der Waals surface area contributed by atoms with Crippen LogP contribution in [0.1, 0.15) is 28.9 Å². The third-order valence-electron chi connectivity index (χ3n) is 4.70. The van der Waals surface area contributed by atoms with Crippen LogP contribution in [-0.2, 0) is 4.74 Å². The van der Waals surface area contributed by atoms with Crippen LogP contribution >= 0.6 is 11.3 Å². The summed E-state index contributed by atoms with van der Waals surface area (Å²) in [6, 6.07) is 7.78. The van der Waals surface area contributed by atoms with E-state index < -0.39 is 0 Å². The van der Waals surface area contributed by atoms with E-state index in [1.54, 1.807) is 12.4 Å². The van der Waals surface area contributed by atoms with E-state index in [1.807, 2.05) is 34.5 Å². The highest BCUT2D eigenvalue weighted by molar-refractivity contribution is 7.12. The molecule has 2 aliphatic rings. The average Bonchev–Trinajstić information content (AvgIpc) is 3.30. The van der Waals surface area contributed by atoms with E-state index in [2.05, 4.69) is 4.98 Å². The number of rotatable bonds is 4. The highest BCUT2D eigenvalue weighted by Gasteiger charge is 2.42. The maximum Gasteiger partial charge on any atom is 0.264 e. The molecule has 0 aliphatic carbocycles. The normalized spacial score (nSPS) is 26.2. The van der Waals surface area contributed by atoms with Crippen molar-refractivity contribution in [3.05, 3.63) is 46.9 Å². The van der Waals surface area contributed by atoms with Gasteiger partial charge in [0.2, 0.25) is 0 Å². The third-order valence-corrected chi connectivity index (χ3v) is 5.56. The van der Waals surface area contributed by atoms with Crippen molar-refractivity contribution in [2.45, 2.75) is 37.5 Å². The maximum atomic E-state index is 12.6. The summed E-state index contributed by atoms with van der Waals surface area (Å²) in [5, 5.41) is 1.95. The molecule has 126 valence electrons. The van der Waals surface area contributed by atoms with Crippen LogP contribution < -0.4 is 4.74 Å². The van der Waals surface area contributed by atoms with Crippen LogP contribution in [0.3, 0.4) is 0 Å². The summed E-state index contributed by atoms with van der Waals surface area (Å²) in [6.45, 7) is 1.32. The van der Waals surface area contributed by atoms with Gasteiger partial charge in [0.15, 0.2) is 0 Å². The van der Waals surface area contributed by atoms with Crippen LogP contribution in [-0.4, -0.2) is 47.2 Å². The minimum atomic E-state index is 0.0863. The summed E-state index contributed by atoms with van der Waals surface area (Å²) in [7, 11) is 0. The summed E-state index contributed by atoms with van der Waals surface area (Å²) in [5.41, 5.74) is 0. The Kier molecular flexibility index (Phi) is 4.49. The Morgan fingerprint density at radius 3 is 3.08 bits per heavy atom. The van der Waals surface area contributed by atoms with Gasteiger partial charge in [0.05, 0.1) is 29.3 Å². The molecule has 0 saturated carbocycles. The Morgan fingerprint density at radius 2 is 2.29 bits per heavy atom. The molecule has 2 aromatic rings. The number of likely N-dealkylation sites (tertiary alicyclic amines) is 1. The van der Waals surface area contributed by atoms with Crippen LogP contribution in [0.5, 0.6) is 5.75 Å². The van der Waals surface area contributed by atoms with Crippen molar-refractivity contribution in [1.29, 1.82) is 0 Å². The molecule has 0 aromatic carbocycles. The van der Waals surface area contributed by atoms with Crippen LogP contribution in [0.4, 0.5) is 0 Å². The second kappa shape index (κ2) is 6.91. The first-order valence-electron chi connectivity index (χ1n) is 8.34. The molecule has 3 atom stereocenters. The molecule has 2 saturated heterocycles. The molecule has 2 aromatic heterocycles. The van der Waals surface area contributed by atoms with Gasteiger partial charge in [0.1, 0.15) is 12.4 Å². The number of aromatic nitrogens is 1. The Bertz CT molecular complexity index is 677. The fourth-order valence-corrected chi connectivity index (χ4v) is 4.21. The zero-order chi connectivity index (χ0) is 16.4. The first-order chi connectivity index (χ1) is 11.8. The predicted molar refractivity (Wildman–Crippen MR) is 91.4 cm³/mol. The molecule has 0 N–H and O–H groups in total. The van der Waals surface area contributed by atoms with Crippen LogP contribution in [0.25, 0.3) is 0 Å². The second-order valence-electron chi connectivity index (χ2n) is 6.21. The largest absolute Gasteiger partial charge is 0.489 e. The molecule has 0 radical (unpaired) electrons. The number of hydrogen-bond acceptors (Lipinski definition) is 5. The Labute approximate surface area is 145 Å². The van der Waals surface area contributed by atoms with Gasteiger partial charge < -0.3 is 14.4 Å². The lowest BCUT2D eigenvalue weighted by Crippen LogP contribution is -2.46. The van der Waals surface area contributed by atoms with Crippen molar-refractivity contribution in [2.24, 2.45) is 0 Å². The van der Waals surface area contributed by atoms with Crippen molar-refractivity contribution in [3.63, 3.8) is 0 Å². The summed E-state index contributed by atoms with van der Waals surface area (Å²) in [5.74, 6) is 0.912. The van der Waals surface area contributed by atoms with Gasteiger partial charge in [-0.05, 0) is 42.8 Å². The molecule has 0 bridgehead atoms. The molecule has 5 nitrogen and oxygen atoms in total. The van der Waals surface area contributed by atoms with Gasteiger partial charge in [-0.1, -0.05) is 6.07 Å². The van der Waals surface area contributed by atoms with Crippen molar-refractivity contribution >= 4 is 17.2 Å². The minimum Gasteiger partial charge on any atom is -0.489 e. The molecule has 2 aliphatic heterocycles. The minimum absolute atomic E-state index is 0.0863. The number of ether oxygens (including phenoxy) is 2. The molecule has 0 spiro atoms. The number of thiophene rings is 1. The summed E-state index contributed by atoms with van der Waals surface area (Å²) in [6.07, 6.45) is 6.45. The number of pyridine rings is 1. The Hall–Kier alpha value is -1.92. The monoisotopic (exact) mass is 344 g/mol. The molecule has 1 amide bonds. The third kappa shape index (κ3) is 3.16. The van der Waals surface area contributed by atoms with Gasteiger partial charge in [-0.25, -0.2) is 0 Å². The first-order valence-corrected chi connectivity index (χ1v) is 9.22. The number of nitrogens with zero attached hydrogens (tertiary/aromatic N) is 2.